The van der Waals surface area contributed by atoms with Crippen LogP contribution in [0, 0.1) is 0 Å². The summed E-state index contributed by atoms with van der Waals surface area (Å²) in [6.45, 7) is 0. The van der Waals surface area contributed by atoms with Gasteiger partial charge in [-0.05, 0) is 0 Å². The van der Waals surface area contributed by atoms with Crippen LogP contribution in [-0.2, 0) is 6.42 Å². The van der Waals surface area contributed by atoms with E-state index in [1.54, 1.807) is 0 Å². The third-order valence-electron chi connectivity index (χ3n) is 1.02. The molecule has 2 nitrogen and oxygen atoms in total. The fourth-order valence-electron chi connectivity index (χ4n) is 0.596. The van der Waals surface area contributed by atoms with Crippen molar-refractivity contribution >= 4 is 11.6 Å². The molecule has 0 aromatic carbocycles. The van der Waals surface area contributed by atoms with E-state index in [0.29, 0.717) is 0 Å². The molecular formula is C5H5ClF2N2. The van der Waals surface area contributed by atoms with Gasteiger partial charge in [0.05, 0.1) is 23.3 Å². The van der Waals surface area contributed by atoms with Gasteiger partial charge in [-0.25, -0.2) is 8.78 Å². The minimum Gasteiger partial charge on any atom is -0.281 e. The zero-order valence-corrected chi connectivity index (χ0v) is 5.70. The zero-order valence-electron chi connectivity index (χ0n) is 4.94. The highest BCUT2D eigenvalue weighted by Crippen LogP contribution is 2.14. The standard InChI is InChI=1S/C5H5ClF2N2/c6-3-2-9-10-4(3)1-5(7)8/h2,5H,1H2,(H,9,10). The minimum atomic E-state index is -2.38. The molecule has 1 aromatic heterocycles. The SMILES string of the molecule is FC(F)Cc1[nH]ncc1Cl. The largest absolute Gasteiger partial charge is 0.281 e. The summed E-state index contributed by atoms with van der Waals surface area (Å²) in [5, 5.41) is 6.12. The van der Waals surface area contributed by atoms with Gasteiger partial charge in [0.15, 0.2) is 0 Å². The molecule has 10 heavy (non-hydrogen) atoms. The van der Waals surface area contributed by atoms with Gasteiger partial charge in [-0.3, -0.25) is 5.10 Å². The molecule has 56 valence electrons. The highest BCUT2D eigenvalue weighted by Gasteiger charge is 2.08. The van der Waals surface area contributed by atoms with Gasteiger partial charge in [0.1, 0.15) is 0 Å². The molecule has 0 spiro atoms. The highest BCUT2D eigenvalue weighted by molar-refractivity contribution is 6.31. The van der Waals surface area contributed by atoms with Gasteiger partial charge in [0.2, 0.25) is 6.43 Å². The molecule has 1 aromatic rings. The number of H-pyrrole nitrogens is 1. The quantitative estimate of drug-likeness (QED) is 0.714. The molecule has 0 saturated heterocycles. The average Bonchev–Trinajstić information content (AvgIpc) is 2.15. The molecule has 0 amide bonds. The Balaban J connectivity index is 2.65. The van der Waals surface area contributed by atoms with E-state index in [1.807, 2.05) is 0 Å². The number of nitrogens with zero attached hydrogens (tertiary/aromatic N) is 1. The second-order valence-electron chi connectivity index (χ2n) is 1.79. The molecule has 0 saturated carbocycles. The second kappa shape index (κ2) is 2.96. The topological polar surface area (TPSA) is 28.7 Å². The predicted molar refractivity (Wildman–Crippen MR) is 33.3 cm³/mol. The van der Waals surface area contributed by atoms with Gasteiger partial charge < -0.3 is 0 Å². The average molecular weight is 167 g/mol. The molecular weight excluding hydrogens is 162 g/mol. The van der Waals surface area contributed by atoms with E-state index in [9.17, 15) is 8.78 Å². The second-order valence-corrected chi connectivity index (χ2v) is 2.20. The van der Waals surface area contributed by atoms with Gasteiger partial charge >= 0.3 is 0 Å². The normalized spacial score (nSPS) is 10.8. The Labute approximate surface area is 61.2 Å². The van der Waals surface area contributed by atoms with Gasteiger partial charge in [-0.2, -0.15) is 5.10 Å². The summed E-state index contributed by atoms with van der Waals surface area (Å²) in [5.74, 6) is 0. The van der Waals surface area contributed by atoms with Crippen molar-refractivity contribution in [3.63, 3.8) is 0 Å². The molecule has 1 N–H and O–H groups in total. The Bertz CT molecular complexity index is 211. The number of nitrogens with one attached hydrogen (secondary N) is 1. The van der Waals surface area contributed by atoms with Crippen molar-refractivity contribution in [1.29, 1.82) is 0 Å². The van der Waals surface area contributed by atoms with Crippen LogP contribution in [0.1, 0.15) is 5.69 Å². The van der Waals surface area contributed by atoms with Crippen LogP contribution in [0.2, 0.25) is 5.02 Å². The number of halogens is 3. The molecule has 0 unspecified atom stereocenters. The number of hydrogen-bond acceptors (Lipinski definition) is 1. The van der Waals surface area contributed by atoms with Crippen LogP contribution in [0.15, 0.2) is 6.20 Å². The molecule has 0 aliphatic rings. The zero-order chi connectivity index (χ0) is 7.56. The fraction of sp³-hybridized carbons (Fsp3) is 0.400. The number of aromatic nitrogens is 2. The summed E-state index contributed by atoms with van der Waals surface area (Å²) in [5.41, 5.74) is 0.289. The van der Waals surface area contributed by atoms with E-state index >= 15 is 0 Å². The van der Waals surface area contributed by atoms with Gasteiger partial charge in [-0.15, -0.1) is 0 Å². The van der Waals surface area contributed by atoms with E-state index < -0.39 is 6.43 Å². The maximum Gasteiger partial charge on any atom is 0.244 e. The van der Waals surface area contributed by atoms with Crippen LogP contribution in [0.3, 0.4) is 0 Å². The van der Waals surface area contributed by atoms with E-state index in [1.165, 1.54) is 6.20 Å². The van der Waals surface area contributed by atoms with Crippen molar-refractivity contribution in [3.05, 3.63) is 16.9 Å². The number of hydrogen-bond donors (Lipinski definition) is 1. The molecule has 1 rings (SSSR count). The maximum absolute atomic E-state index is 11.7. The molecule has 0 atom stereocenters. The molecule has 0 radical (unpaired) electrons. The minimum absolute atomic E-state index is 0.264. The van der Waals surface area contributed by atoms with Crippen molar-refractivity contribution in [1.82, 2.24) is 10.2 Å². The smallest absolute Gasteiger partial charge is 0.244 e. The van der Waals surface area contributed by atoms with Gasteiger partial charge in [0, 0.05) is 0 Å². The highest BCUT2D eigenvalue weighted by atomic mass is 35.5. The maximum atomic E-state index is 11.7. The fourth-order valence-corrected chi connectivity index (χ4v) is 0.764. The number of alkyl halides is 2. The molecule has 0 aliphatic carbocycles. The van der Waals surface area contributed by atoms with Gasteiger partial charge in [-0.1, -0.05) is 11.6 Å². The molecule has 0 aliphatic heterocycles. The summed E-state index contributed by atoms with van der Waals surface area (Å²) in [6, 6.07) is 0. The van der Waals surface area contributed by atoms with E-state index in [-0.39, 0.29) is 17.1 Å². The lowest BCUT2D eigenvalue weighted by atomic mass is 10.3. The number of aromatic amines is 1. The summed E-state index contributed by atoms with van der Waals surface area (Å²) < 4.78 is 23.3. The first-order valence-corrected chi connectivity index (χ1v) is 3.04. The lowest BCUT2D eigenvalue weighted by Crippen LogP contribution is -1.97. The number of rotatable bonds is 2. The van der Waals surface area contributed by atoms with Crippen LogP contribution in [0.5, 0.6) is 0 Å². The molecule has 0 bridgehead atoms. The Hall–Kier alpha value is -0.640. The molecule has 1 heterocycles. The summed E-state index contributed by atoms with van der Waals surface area (Å²) in [6.07, 6.45) is -1.43. The predicted octanol–water partition coefficient (Wildman–Crippen LogP) is 1.87. The third kappa shape index (κ3) is 1.67. The van der Waals surface area contributed by atoms with E-state index in [0.717, 1.165) is 0 Å². The van der Waals surface area contributed by atoms with Crippen molar-refractivity contribution < 1.29 is 8.78 Å². The Morgan fingerprint density at radius 2 is 2.40 bits per heavy atom. The van der Waals surface area contributed by atoms with Crippen LogP contribution in [0.4, 0.5) is 8.78 Å². The Kier molecular flexibility index (Phi) is 2.21. The first-order chi connectivity index (χ1) is 4.70. The van der Waals surface area contributed by atoms with Crippen molar-refractivity contribution in [2.45, 2.75) is 12.8 Å². The Morgan fingerprint density at radius 1 is 1.70 bits per heavy atom. The lowest BCUT2D eigenvalue weighted by molar-refractivity contribution is 0.148. The van der Waals surface area contributed by atoms with Crippen LogP contribution < -0.4 is 0 Å². The summed E-state index contributed by atoms with van der Waals surface area (Å²) in [7, 11) is 0. The molecule has 5 heteroatoms. The van der Waals surface area contributed by atoms with Crippen LogP contribution in [-0.4, -0.2) is 16.6 Å². The lowest BCUT2D eigenvalue weighted by Gasteiger charge is -1.94. The molecule has 0 fully saturated rings. The summed E-state index contributed by atoms with van der Waals surface area (Å²) >= 11 is 5.46. The van der Waals surface area contributed by atoms with Crippen molar-refractivity contribution in [2.24, 2.45) is 0 Å². The van der Waals surface area contributed by atoms with Crippen molar-refractivity contribution in [2.75, 3.05) is 0 Å². The van der Waals surface area contributed by atoms with Crippen LogP contribution in [0.25, 0.3) is 0 Å². The first kappa shape index (κ1) is 7.47. The Morgan fingerprint density at radius 3 is 2.80 bits per heavy atom. The third-order valence-corrected chi connectivity index (χ3v) is 1.35. The van der Waals surface area contributed by atoms with E-state index in [2.05, 4.69) is 10.2 Å². The van der Waals surface area contributed by atoms with Crippen LogP contribution >= 0.6 is 11.6 Å². The van der Waals surface area contributed by atoms with E-state index in [4.69, 9.17) is 11.6 Å². The van der Waals surface area contributed by atoms with Crippen molar-refractivity contribution in [3.8, 4) is 0 Å². The monoisotopic (exact) mass is 166 g/mol. The van der Waals surface area contributed by atoms with Gasteiger partial charge in [0.25, 0.3) is 0 Å². The first-order valence-electron chi connectivity index (χ1n) is 2.66. The summed E-state index contributed by atoms with van der Waals surface area (Å²) in [4.78, 5) is 0.